The number of rotatable bonds is 7. The van der Waals surface area contributed by atoms with Gasteiger partial charge in [-0.1, -0.05) is 67.9 Å². The average Bonchev–Trinajstić information content (AvgIpc) is 2.76. The van der Waals surface area contributed by atoms with Crippen LogP contribution >= 0.6 is 0 Å². The molecule has 1 rings (SSSR count). The van der Waals surface area contributed by atoms with Gasteiger partial charge in [-0.3, -0.25) is 0 Å². The van der Waals surface area contributed by atoms with Crippen molar-refractivity contribution in [1.82, 2.24) is 0 Å². The van der Waals surface area contributed by atoms with Gasteiger partial charge < -0.3 is 9.47 Å². The lowest BCUT2D eigenvalue weighted by Gasteiger charge is -2.38. The minimum Gasteiger partial charge on any atom is -0.493 e. The van der Waals surface area contributed by atoms with E-state index in [2.05, 4.69) is 73.4 Å². The first-order valence-corrected chi connectivity index (χ1v) is 11.8. The monoisotopic (exact) mass is 350 g/mol. The highest BCUT2D eigenvalue weighted by molar-refractivity contribution is 6.90. The van der Waals surface area contributed by atoms with E-state index < -0.39 is 8.07 Å². The van der Waals surface area contributed by atoms with Crippen LogP contribution in [0.15, 0.2) is 12.3 Å². The molecule has 2 atom stereocenters. The van der Waals surface area contributed by atoms with Crippen LogP contribution in [0.4, 0.5) is 0 Å². The summed E-state index contributed by atoms with van der Waals surface area (Å²) in [6.07, 6.45) is 2.25. The molecule has 1 heterocycles. The van der Waals surface area contributed by atoms with Crippen molar-refractivity contribution >= 4 is 8.07 Å². The highest BCUT2D eigenvalue weighted by Gasteiger charge is 2.41. The molecule has 3 heteroatoms. The van der Waals surface area contributed by atoms with Crippen molar-refractivity contribution in [1.29, 1.82) is 0 Å². The first-order valence-electron chi connectivity index (χ1n) is 9.58. The van der Waals surface area contributed by atoms with Crippen LogP contribution < -0.4 is 0 Å². The Morgan fingerprint density at radius 2 is 1.62 bits per heavy atom. The minimum atomic E-state index is -1.65. The molecule has 0 N–H and O–H groups in total. The lowest BCUT2D eigenvalue weighted by atomic mass is 10.0. The molecule has 1 aliphatic rings. The highest BCUT2D eigenvalue weighted by Crippen LogP contribution is 2.40. The predicted octanol–water partition coefficient (Wildman–Crippen LogP) is 5.94. The molecule has 0 amide bonds. The Morgan fingerprint density at radius 1 is 1.08 bits per heavy atom. The molecule has 1 saturated heterocycles. The average molecular weight is 351 g/mol. The Labute approximate surface area is 151 Å². The number of hydrogen-bond donors (Lipinski definition) is 0. The van der Waals surface area contributed by atoms with Gasteiger partial charge in [0.05, 0.1) is 0 Å². The standard InChI is InChI=1S/C21H38O2Si/c1-15(2)13-20-14-21(19(9)23-20)22-11-10-12-24(16(3)4,17(5)6)18(7)8/h15-18,20-21H,9,11,13-14H2,1-8H3/t20-,21-/m1/s1. The molecule has 24 heavy (non-hydrogen) atoms. The molecule has 0 bridgehead atoms. The van der Waals surface area contributed by atoms with E-state index >= 15 is 0 Å². The summed E-state index contributed by atoms with van der Waals surface area (Å²) in [5, 5.41) is 0. The van der Waals surface area contributed by atoms with E-state index in [1.807, 2.05) is 0 Å². The summed E-state index contributed by atoms with van der Waals surface area (Å²) in [6, 6.07) is 0. The third-order valence-corrected chi connectivity index (χ3v) is 11.8. The second-order valence-electron chi connectivity index (χ2n) is 8.57. The van der Waals surface area contributed by atoms with Crippen LogP contribution in [0.3, 0.4) is 0 Å². The van der Waals surface area contributed by atoms with Crippen LogP contribution in [-0.4, -0.2) is 26.9 Å². The Kier molecular flexibility index (Phi) is 8.09. The molecule has 2 nitrogen and oxygen atoms in total. The van der Waals surface area contributed by atoms with E-state index in [4.69, 9.17) is 9.47 Å². The second-order valence-corrected chi connectivity index (χ2v) is 14.2. The van der Waals surface area contributed by atoms with E-state index in [0.717, 1.165) is 18.6 Å². The molecular formula is C21H38O2Si. The molecular weight excluding hydrogens is 312 g/mol. The topological polar surface area (TPSA) is 18.5 Å². The Morgan fingerprint density at radius 3 is 2.08 bits per heavy atom. The van der Waals surface area contributed by atoms with Crippen LogP contribution in [-0.2, 0) is 9.47 Å². The van der Waals surface area contributed by atoms with E-state index in [0.29, 0.717) is 29.1 Å². The molecule has 0 aromatic rings. The van der Waals surface area contributed by atoms with E-state index in [-0.39, 0.29) is 12.2 Å². The summed E-state index contributed by atoms with van der Waals surface area (Å²) < 4.78 is 11.8. The third-order valence-electron chi connectivity index (χ3n) is 5.42. The summed E-state index contributed by atoms with van der Waals surface area (Å²) >= 11 is 0. The van der Waals surface area contributed by atoms with Crippen molar-refractivity contribution in [2.45, 2.75) is 97.1 Å². The molecule has 0 unspecified atom stereocenters. The first kappa shape index (κ1) is 21.3. The van der Waals surface area contributed by atoms with Crippen molar-refractivity contribution in [2.24, 2.45) is 5.92 Å². The zero-order chi connectivity index (χ0) is 18.5. The normalized spacial score (nSPS) is 21.6. The number of hydrogen-bond acceptors (Lipinski definition) is 2. The van der Waals surface area contributed by atoms with E-state index in [1.165, 1.54) is 0 Å². The predicted molar refractivity (Wildman–Crippen MR) is 107 cm³/mol. The molecule has 1 fully saturated rings. The van der Waals surface area contributed by atoms with Crippen molar-refractivity contribution in [3.05, 3.63) is 12.3 Å². The van der Waals surface area contributed by atoms with Gasteiger partial charge in [0.1, 0.15) is 32.6 Å². The fourth-order valence-corrected chi connectivity index (χ4v) is 9.55. The van der Waals surface area contributed by atoms with Crippen LogP contribution in [0, 0.1) is 17.4 Å². The van der Waals surface area contributed by atoms with Crippen LogP contribution in [0.1, 0.15) is 68.2 Å². The van der Waals surface area contributed by atoms with Gasteiger partial charge in [-0.05, 0) is 29.0 Å². The molecule has 0 saturated carbocycles. The van der Waals surface area contributed by atoms with Gasteiger partial charge in [0, 0.05) is 6.42 Å². The van der Waals surface area contributed by atoms with Crippen molar-refractivity contribution in [3.8, 4) is 11.5 Å². The smallest absolute Gasteiger partial charge is 0.146 e. The van der Waals surface area contributed by atoms with Crippen molar-refractivity contribution in [2.75, 3.05) is 6.61 Å². The summed E-state index contributed by atoms with van der Waals surface area (Å²) in [4.78, 5) is 0. The van der Waals surface area contributed by atoms with Gasteiger partial charge in [-0.25, -0.2) is 0 Å². The highest BCUT2D eigenvalue weighted by atomic mass is 28.3. The van der Waals surface area contributed by atoms with Crippen molar-refractivity contribution in [3.63, 3.8) is 0 Å². The maximum Gasteiger partial charge on any atom is 0.146 e. The van der Waals surface area contributed by atoms with Crippen LogP contribution in [0.2, 0.25) is 16.6 Å². The van der Waals surface area contributed by atoms with Gasteiger partial charge in [-0.15, -0.1) is 5.54 Å². The molecule has 0 aliphatic carbocycles. The molecule has 138 valence electrons. The minimum absolute atomic E-state index is 0.0104. The SMILES string of the molecule is C=C1O[C@H](CC(C)C)C[C@H]1OCC#C[Si](C(C)C)(C(C)C)C(C)C. The third kappa shape index (κ3) is 5.13. The molecule has 1 aliphatic heterocycles. The molecule has 0 radical (unpaired) electrons. The van der Waals surface area contributed by atoms with Crippen LogP contribution in [0.25, 0.3) is 0 Å². The summed E-state index contributed by atoms with van der Waals surface area (Å²) in [7, 11) is -1.65. The Bertz CT molecular complexity index is 446. The second kappa shape index (κ2) is 9.11. The lowest BCUT2D eigenvalue weighted by Crippen LogP contribution is -2.43. The molecule has 0 aromatic heterocycles. The summed E-state index contributed by atoms with van der Waals surface area (Å²) in [5.74, 6) is 4.78. The van der Waals surface area contributed by atoms with E-state index in [1.54, 1.807) is 0 Å². The first-order chi connectivity index (χ1) is 11.1. The zero-order valence-electron chi connectivity index (χ0n) is 17.1. The maximum atomic E-state index is 5.99. The van der Waals surface area contributed by atoms with E-state index in [9.17, 15) is 0 Å². The quantitative estimate of drug-likeness (QED) is 0.418. The maximum absolute atomic E-state index is 5.99. The van der Waals surface area contributed by atoms with Gasteiger partial charge in [-0.2, -0.15) is 0 Å². The lowest BCUT2D eigenvalue weighted by molar-refractivity contribution is 0.0996. The van der Waals surface area contributed by atoms with Crippen LogP contribution in [0.5, 0.6) is 0 Å². The summed E-state index contributed by atoms with van der Waals surface area (Å²) in [5.41, 5.74) is 5.68. The number of ether oxygens (including phenoxy) is 2. The Balaban J connectivity index is 2.67. The largest absolute Gasteiger partial charge is 0.493 e. The van der Waals surface area contributed by atoms with Gasteiger partial charge in [0.25, 0.3) is 0 Å². The van der Waals surface area contributed by atoms with Crippen molar-refractivity contribution < 1.29 is 9.47 Å². The van der Waals surface area contributed by atoms with Gasteiger partial charge >= 0.3 is 0 Å². The fraction of sp³-hybridized carbons (Fsp3) is 0.810. The fourth-order valence-electron chi connectivity index (χ4n) is 4.30. The zero-order valence-corrected chi connectivity index (χ0v) is 18.1. The Hall–Kier alpha value is -0.723. The van der Waals surface area contributed by atoms with Gasteiger partial charge in [0.2, 0.25) is 0 Å². The van der Waals surface area contributed by atoms with Gasteiger partial charge in [0.15, 0.2) is 0 Å². The molecule has 0 spiro atoms. The summed E-state index contributed by atoms with van der Waals surface area (Å²) in [6.45, 7) is 23.0. The molecule has 0 aromatic carbocycles.